The monoisotopic (exact) mass is 281 g/mol. The molecule has 0 saturated heterocycles. The van der Waals surface area contributed by atoms with Crippen LogP contribution in [0, 0.1) is 5.82 Å². The molecule has 1 N–H and O–H groups in total. The minimum absolute atomic E-state index is 0.307. The zero-order valence-corrected chi connectivity index (χ0v) is 11.3. The standard InChI is InChI=1S/C13H13ClFN3O/c1-16-12-6-11(7-19-2)17-13(18-12)8-3-9(14)5-10(15)4-8/h3-6H,7H2,1-2H3,(H,16,17,18). The van der Waals surface area contributed by atoms with Crippen LogP contribution in [0.1, 0.15) is 5.69 Å². The molecule has 6 heteroatoms. The summed E-state index contributed by atoms with van der Waals surface area (Å²) in [4.78, 5) is 8.61. The van der Waals surface area contributed by atoms with E-state index in [9.17, 15) is 4.39 Å². The molecule has 0 bridgehead atoms. The van der Waals surface area contributed by atoms with Gasteiger partial charge in [0.1, 0.15) is 11.6 Å². The maximum absolute atomic E-state index is 13.4. The Labute approximate surface area is 115 Å². The lowest BCUT2D eigenvalue weighted by Crippen LogP contribution is -2.02. The molecule has 1 heterocycles. The number of nitrogens with zero attached hydrogens (tertiary/aromatic N) is 2. The van der Waals surface area contributed by atoms with Crippen molar-refractivity contribution in [2.45, 2.75) is 6.61 Å². The van der Waals surface area contributed by atoms with Crippen LogP contribution in [0.15, 0.2) is 24.3 Å². The van der Waals surface area contributed by atoms with Crippen LogP contribution in [0.25, 0.3) is 11.4 Å². The van der Waals surface area contributed by atoms with E-state index >= 15 is 0 Å². The minimum atomic E-state index is -0.422. The SMILES string of the molecule is CNc1cc(COC)nc(-c2cc(F)cc(Cl)c2)n1. The molecular formula is C13H13ClFN3O. The maximum atomic E-state index is 13.4. The van der Waals surface area contributed by atoms with Crippen LogP contribution in [0.5, 0.6) is 0 Å². The van der Waals surface area contributed by atoms with Crippen LogP contribution in [-0.2, 0) is 11.3 Å². The van der Waals surface area contributed by atoms with E-state index in [1.165, 1.54) is 12.1 Å². The van der Waals surface area contributed by atoms with Gasteiger partial charge in [-0.1, -0.05) is 11.6 Å². The number of hydrogen-bond acceptors (Lipinski definition) is 4. The number of hydrogen-bond donors (Lipinski definition) is 1. The molecule has 0 unspecified atom stereocenters. The van der Waals surface area contributed by atoms with Gasteiger partial charge in [0.2, 0.25) is 0 Å². The molecule has 0 amide bonds. The number of benzene rings is 1. The Morgan fingerprint density at radius 3 is 2.68 bits per heavy atom. The van der Waals surface area contributed by atoms with Crippen molar-refractivity contribution in [1.82, 2.24) is 9.97 Å². The van der Waals surface area contributed by atoms with Gasteiger partial charge in [-0.15, -0.1) is 0 Å². The molecule has 0 aliphatic carbocycles. The summed E-state index contributed by atoms with van der Waals surface area (Å²) in [5, 5.41) is 3.24. The normalized spacial score (nSPS) is 10.5. The second-order valence-electron chi connectivity index (χ2n) is 3.91. The quantitative estimate of drug-likeness (QED) is 0.935. The van der Waals surface area contributed by atoms with E-state index in [0.29, 0.717) is 34.5 Å². The molecule has 0 spiro atoms. The summed E-state index contributed by atoms with van der Waals surface area (Å²) in [5.41, 5.74) is 1.23. The van der Waals surface area contributed by atoms with E-state index in [1.54, 1.807) is 26.3 Å². The van der Waals surface area contributed by atoms with Gasteiger partial charge in [0, 0.05) is 30.8 Å². The van der Waals surface area contributed by atoms with E-state index in [2.05, 4.69) is 15.3 Å². The highest BCUT2D eigenvalue weighted by molar-refractivity contribution is 6.30. The van der Waals surface area contributed by atoms with Gasteiger partial charge >= 0.3 is 0 Å². The van der Waals surface area contributed by atoms with E-state index < -0.39 is 5.82 Å². The van der Waals surface area contributed by atoms with Gasteiger partial charge in [0.25, 0.3) is 0 Å². The lowest BCUT2D eigenvalue weighted by molar-refractivity contribution is 0.181. The summed E-state index contributed by atoms with van der Waals surface area (Å²) in [7, 11) is 3.33. The average molecular weight is 282 g/mol. The zero-order valence-electron chi connectivity index (χ0n) is 10.6. The summed E-state index contributed by atoms with van der Waals surface area (Å²) >= 11 is 5.84. The Balaban J connectivity index is 2.50. The average Bonchev–Trinajstić information content (AvgIpc) is 2.37. The molecule has 2 aromatic rings. The fourth-order valence-corrected chi connectivity index (χ4v) is 1.88. The smallest absolute Gasteiger partial charge is 0.161 e. The van der Waals surface area contributed by atoms with Crippen LogP contribution < -0.4 is 5.32 Å². The summed E-state index contributed by atoms with van der Waals surface area (Å²) in [6, 6.07) is 5.98. The van der Waals surface area contributed by atoms with Gasteiger partial charge in [-0.25, -0.2) is 14.4 Å². The third-order valence-electron chi connectivity index (χ3n) is 2.45. The van der Waals surface area contributed by atoms with Crippen molar-refractivity contribution >= 4 is 17.4 Å². The molecule has 0 fully saturated rings. The van der Waals surface area contributed by atoms with Crippen molar-refractivity contribution in [1.29, 1.82) is 0 Å². The van der Waals surface area contributed by atoms with E-state index in [1.807, 2.05) is 0 Å². The Bertz CT molecular complexity index is 572. The number of rotatable bonds is 4. The summed E-state index contributed by atoms with van der Waals surface area (Å²) < 4.78 is 18.4. The lowest BCUT2D eigenvalue weighted by Gasteiger charge is -2.08. The lowest BCUT2D eigenvalue weighted by atomic mass is 10.2. The van der Waals surface area contributed by atoms with Crippen molar-refractivity contribution in [2.75, 3.05) is 19.5 Å². The molecule has 0 aliphatic heterocycles. The van der Waals surface area contributed by atoms with Gasteiger partial charge < -0.3 is 10.1 Å². The van der Waals surface area contributed by atoms with Gasteiger partial charge in [-0.2, -0.15) is 0 Å². The fraction of sp³-hybridized carbons (Fsp3) is 0.231. The van der Waals surface area contributed by atoms with Crippen LogP contribution >= 0.6 is 11.6 Å². The molecule has 1 aromatic carbocycles. The highest BCUT2D eigenvalue weighted by Gasteiger charge is 2.08. The number of anilines is 1. The number of ether oxygens (including phenoxy) is 1. The molecule has 19 heavy (non-hydrogen) atoms. The highest BCUT2D eigenvalue weighted by Crippen LogP contribution is 2.23. The molecule has 0 saturated carbocycles. The van der Waals surface area contributed by atoms with Gasteiger partial charge in [-0.3, -0.25) is 0 Å². The molecule has 100 valence electrons. The number of aromatic nitrogens is 2. The maximum Gasteiger partial charge on any atom is 0.161 e. The fourth-order valence-electron chi connectivity index (χ4n) is 1.66. The zero-order chi connectivity index (χ0) is 13.8. The first-order chi connectivity index (χ1) is 9.12. The summed E-state index contributed by atoms with van der Waals surface area (Å²) in [6.45, 7) is 0.354. The van der Waals surface area contributed by atoms with Crippen molar-refractivity contribution in [3.05, 3.63) is 40.8 Å². The molecule has 0 radical (unpaired) electrons. The number of halogens is 2. The van der Waals surface area contributed by atoms with Crippen molar-refractivity contribution in [3.8, 4) is 11.4 Å². The topological polar surface area (TPSA) is 47.0 Å². The molecule has 4 nitrogen and oxygen atoms in total. The first-order valence-corrected chi connectivity index (χ1v) is 6.01. The van der Waals surface area contributed by atoms with Crippen LogP contribution in [0.4, 0.5) is 10.2 Å². The van der Waals surface area contributed by atoms with Crippen LogP contribution in [0.3, 0.4) is 0 Å². The Morgan fingerprint density at radius 1 is 1.26 bits per heavy atom. The minimum Gasteiger partial charge on any atom is -0.378 e. The third-order valence-corrected chi connectivity index (χ3v) is 2.67. The predicted octanol–water partition coefficient (Wildman–Crippen LogP) is 3.12. The first kappa shape index (κ1) is 13.7. The van der Waals surface area contributed by atoms with E-state index in [0.717, 1.165) is 0 Å². The predicted molar refractivity (Wildman–Crippen MR) is 72.7 cm³/mol. The van der Waals surface area contributed by atoms with Gasteiger partial charge in [-0.05, 0) is 18.2 Å². The summed E-state index contributed by atoms with van der Waals surface area (Å²) in [6.07, 6.45) is 0. The van der Waals surface area contributed by atoms with Crippen molar-refractivity contribution in [3.63, 3.8) is 0 Å². The van der Waals surface area contributed by atoms with Crippen molar-refractivity contribution in [2.24, 2.45) is 0 Å². The Hall–Kier alpha value is -1.72. The highest BCUT2D eigenvalue weighted by atomic mass is 35.5. The Morgan fingerprint density at radius 2 is 2.05 bits per heavy atom. The van der Waals surface area contributed by atoms with Crippen LogP contribution in [0.2, 0.25) is 5.02 Å². The first-order valence-electron chi connectivity index (χ1n) is 5.63. The van der Waals surface area contributed by atoms with E-state index in [4.69, 9.17) is 16.3 Å². The summed E-state index contributed by atoms with van der Waals surface area (Å²) in [5.74, 6) is 0.618. The van der Waals surface area contributed by atoms with Crippen molar-refractivity contribution < 1.29 is 9.13 Å². The van der Waals surface area contributed by atoms with E-state index in [-0.39, 0.29) is 0 Å². The molecular weight excluding hydrogens is 269 g/mol. The van der Waals surface area contributed by atoms with Gasteiger partial charge in [0.15, 0.2) is 5.82 Å². The molecule has 1 aromatic heterocycles. The molecule has 0 atom stereocenters. The second kappa shape index (κ2) is 5.95. The van der Waals surface area contributed by atoms with Gasteiger partial charge in [0.05, 0.1) is 12.3 Å². The molecule has 0 aliphatic rings. The number of nitrogens with one attached hydrogen (secondary N) is 1. The Kier molecular flexibility index (Phi) is 4.29. The largest absolute Gasteiger partial charge is 0.378 e. The number of methoxy groups -OCH3 is 1. The molecule has 2 rings (SSSR count). The van der Waals surface area contributed by atoms with Crippen LogP contribution in [-0.4, -0.2) is 24.1 Å². The third kappa shape index (κ3) is 3.39. The second-order valence-corrected chi connectivity index (χ2v) is 4.35.